The lowest BCUT2D eigenvalue weighted by atomic mass is 9.97. The molecule has 1 aromatic rings. The number of carbonyl (C=O) groups is 2. The maximum Gasteiger partial charge on any atom is 0.335 e. The molecule has 0 saturated carbocycles. The lowest BCUT2D eigenvalue weighted by Gasteiger charge is -2.08. The molecule has 0 aromatic heterocycles. The van der Waals surface area contributed by atoms with E-state index < -0.39 is 11.9 Å². The van der Waals surface area contributed by atoms with Gasteiger partial charge in [0.1, 0.15) is 0 Å². The van der Waals surface area contributed by atoms with E-state index >= 15 is 0 Å². The Morgan fingerprint density at radius 3 is 2.30 bits per heavy atom. The Bertz CT molecular complexity index is 477. The van der Waals surface area contributed by atoms with Gasteiger partial charge in [0, 0.05) is 0 Å². The topological polar surface area (TPSA) is 74.6 Å². The van der Waals surface area contributed by atoms with Crippen LogP contribution in [0.1, 0.15) is 65.8 Å². The van der Waals surface area contributed by atoms with Gasteiger partial charge in [-0.15, -0.1) is 0 Å². The highest BCUT2D eigenvalue weighted by Crippen LogP contribution is 2.17. The van der Waals surface area contributed by atoms with Crippen molar-refractivity contribution in [3.63, 3.8) is 0 Å². The largest absolute Gasteiger partial charge is 0.478 e. The van der Waals surface area contributed by atoms with Crippen molar-refractivity contribution >= 4 is 11.9 Å². The van der Waals surface area contributed by atoms with Crippen LogP contribution in [0, 0.1) is 5.92 Å². The molecule has 0 unspecified atom stereocenters. The predicted molar refractivity (Wildman–Crippen MR) is 77.4 cm³/mol. The first-order valence-electron chi connectivity index (χ1n) is 7.01. The summed E-state index contributed by atoms with van der Waals surface area (Å²) < 4.78 is 0. The monoisotopic (exact) mass is 278 g/mol. The Morgan fingerprint density at radius 2 is 1.75 bits per heavy atom. The van der Waals surface area contributed by atoms with E-state index in [0.717, 1.165) is 19.3 Å². The summed E-state index contributed by atoms with van der Waals surface area (Å²) in [4.78, 5) is 22.1. The minimum Gasteiger partial charge on any atom is -0.478 e. The highest BCUT2D eigenvalue weighted by molar-refractivity contribution is 5.93. The number of aryl methyl sites for hydroxylation is 1. The molecule has 2 N–H and O–H groups in total. The first-order chi connectivity index (χ1) is 9.41. The average Bonchev–Trinajstić information content (AvgIpc) is 2.37. The highest BCUT2D eigenvalue weighted by Gasteiger charge is 2.13. The molecule has 0 amide bonds. The smallest absolute Gasteiger partial charge is 0.335 e. The lowest BCUT2D eigenvalue weighted by molar-refractivity contribution is 0.0680. The van der Waals surface area contributed by atoms with E-state index in [1.54, 1.807) is 0 Å². The molecule has 0 bridgehead atoms. The third-order valence-electron chi connectivity index (χ3n) is 3.31. The average molecular weight is 278 g/mol. The van der Waals surface area contributed by atoms with Crippen molar-refractivity contribution in [2.45, 2.75) is 46.0 Å². The zero-order valence-electron chi connectivity index (χ0n) is 12.1. The van der Waals surface area contributed by atoms with Crippen molar-refractivity contribution in [2.75, 3.05) is 0 Å². The van der Waals surface area contributed by atoms with E-state index in [9.17, 15) is 9.59 Å². The Kier molecular flexibility index (Phi) is 6.22. The maximum atomic E-state index is 11.1. The predicted octanol–water partition coefficient (Wildman–Crippen LogP) is 3.84. The third kappa shape index (κ3) is 5.03. The van der Waals surface area contributed by atoms with E-state index in [1.165, 1.54) is 24.6 Å². The fourth-order valence-electron chi connectivity index (χ4n) is 2.19. The minimum atomic E-state index is -1.03. The van der Waals surface area contributed by atoms with Gasteiger partial charge in [0.15, 0.2) is 0 Å². The second-order valence-electron chi connectivity index (χ2n) is 5.48. The van der Waals surface area contributed by atoms with Gasteiger partial charge in [-0.3, -0.25) is 0 Å². The molecule has 0 spiro atoms. The summed E-state index contributed by atoms with van der Waals surface area (Å²) in [6.45, 7) is 4.36. The van der Waals surface area contributed by atoms with Gasteiger partial charge in [0.2, 0.25) is 0 Å². The third-order valence-corrected chi connectivity index (χ3v) is 3.31. The number of carboxylic acid groups (broad SMARTS) is 2. The fourth-order valence-corrected chi connectivity index (χ4v) is 2.19. The van der Waals surface area contributed by atoms with Crippen LogP contribution in [-0.4, -0.2) is 22.2 Å². The first-order valence-corrected chi connectivity index (χ1v) is 7.01. The second-order valence-corrected chi connectivity index (χ2v) is 5.48. The van der Waals surface area contributed by atoms with Crippen molar-refractivity contribution in [3.05, 3.63) is 34.9 Å². The SMILES string of the molecule is CC(C)CCCCCc1cc(C(=O)O)ccc1C(=O)O. The number of hydrogen-bond donors (Lipinski definition) is 2. The van der Waals surface area contributed by atoms with Gasteiger partial charge >= 0.3 is 11.9 Å². The standard InChI is InChI=1S/C16H22O4/c1-11(2)6-4-3-5-7-12-10-13(15(17)18)8-9-14(12)16(19)20/h8-11H,3-7H2,1-2H3,(H,17,18)(H,19,20). The Morgan fingerprint density at radius 1 is 1.05 bits per heavy atom. The number of carboxylic acids is 2. The van der Waals surface area contributed by atoms with E-state index in [2.05, 4.69) is 13.8 Å². The molecule has 110 valence electrons. The van der Waals surface area contributed by atoms with Crippen LogP contribution >= 0.6 is 0 Å². The summed E-state index contributed by atoms with van der Waals surface area (Å²) in [6, 6.07) is 4.21. The quantitative estimate of drug-likeness (QED) is 0.708. The number of rotatable bonds is 8. The maximum absolute atomic E-state index is 11.1. The molecule has 20 heavy (non-hydrogen) atoms. The van der Waals surface area contributed by atoms with Gasteiger partial charge < -0.3 is 10.2 Å². The second kappa shape index (κ2) is 7.68. The molecular weight excluding hydrogens is 256 g/mol. The van der Waals surface area contributed by atoms with Crippen molar-refractivity contribution in [2.24, 2.45) is 5.92 Å². The summed E-state index contributed by atoms with van der Waals surface area (Å²) in [5.41, 5.74) is 0.966. The van der Waals surface area contributed by atoms with Gasteiger partial charge in [-0.25, -0.2) is 9.59 Å². The molecule has 0 aliphatic carbocycles. The highest BCUT2D eigenvalue weighted by atomic mass is 16.4. The van der Waals surface area contributed by atoms with Crippen LogP contribution in [-0.2, 0) is 6.42 Å². The number of aromatic carboxylic acids is 2. The molecule has 0 radical (unpaired) electrons. The number of hydrogen-bond acceptors (Lipinski definition) is 2. The molecule has 1 aromatic carbocycles. The first kappa shape index (κ1) is 16.2. The van der Waals surface area contributed by atoms with Crippen LogP contribution in [0.3, 0.4) is 0 Å². The minimum absolute atomic E-state index is 0.146. The van der Waals surface area contributed by atoms with Crippen molar-refractivity contribution in [3.8, 4) is 0 Å². The van der Waals surface area contributed by atoms with Crippen LogP contribution in [0.5, 0.6) is 0 Å². The van der Waals surface area contributed by atoms with Crippen molar-refractivity contribution in [1.29, 1.82) is 0 Å². The molecule has 4 nitrogen and oxygen atoms in total. The summed E-state index contributed by atoms with van der Waals surface area (Å²) >= 11 is 0. The van der Waals surface area contributed by atoms with E-state index in [1.807, 2.05) is 0 Å². The summed E-state index contributed by atoms with van der Waals surface area (Å²) in [5, 5.41) is 18.1. The molecule has 4 heteroatoms. The van der Waals surface area contributed by atoms with Crippen LogP contribution < -0.4 is 0 Å². The van der Waals surface area contributed by atoms with Gasteiger partial charge in [-0.05, 0) is 42.5 Å². The number of benzene rings is 1. The van der Waals surface area contributed by atoms with Gasteiger partial charge in [-0.2, -0.15) is 0 Å². The molecule has 0 aliphatic heterocycles. The van der Waals surface area contributed by atoms with Gasteiger partial charge in [0.05, 0.1) is 11.1 Å². The van der Waals surface area contributed by atoms with Crippen molar-refractivity contribution < 1.29 is 19.8 Å². The molecule has 0 fully saturated rings. The Balaban J connectivity index is 2.68. The summed E-state index contributed by atoms with van der Waals surface area (Å²) in [6.07, 6.45) is 4.82. The van der Waals surface area contributed by atoms with Crippen LogP contribution in [0.15, 0.2) is 18.2 Å². The van der Waals surface area contributed by atoms with E-state index in [4.69, 9.17) is 10.2 Å². The fraction of sp³-hybridized carbons (Fsp3) is 0.500. The Hall–Kier alpha value is -1.84. The molecule has 0 atom stereocenters. The molecular formula is C16H22O4. The van der Waals surface area contributed by atoms with Crippen LogP contribution in [0.4, 0.5) is 0 Å². The van der Waals surface area contributed by atoms with E-state index in [0.29, 0.717) is 17.9 Å². The van der Waals surface area contributed by atoms with Gasteiger partial charge in [-0.1, -0.05) is 33.1 Å². The molecule has 0 heterocycles. The normalized spacial score (nSPS) is 10.8. The lowest BCUT2D eigenvalue weighted by Crippen LogP contribution is -2.06. The zero-order chi connectivity index (χ0) is 15.1. The summed E-state index contributed by atoms with van der Waals surface area (Å²) in [7, 11) is 0. The molecule has 0 saturated heterocycles. The zero-order valence-corrected chi connectivity index (χ0v) is 12.1. The Labute approximate surface area is 119 Å². The number of unbranched alkanes of at least 4 members (excludes halogenated alkanes) is 2. The summed E-state index contributed by atoms with van der Waals surface area (Å²) in [5.74, 6) is -1.35. The van der Waals surface area contributed by atoms with Crippen LogP contribution in [0.25, 0.3) is 0 Å². The van der Waals surface area contributed by atoms with Crippen LogP contribution in [0.2, 0.25) is 0 Å². The van der Waals surface area contributed by atoms with Crippen molar-refractivity contribution in [1.82, 2.24) is 0 Å². The molecule has 1 rings (SSSR count). The molecule has 0 aliphatic rings. The van der Waals surface area contributed by atoms with Gasteiger partial charge in [0.25, 0.3) is 0 Å². The van der Waals surface area contributed by atoms with E-state index in [-0.39, 0.29) is 11.1 Å².